The van der Waals surface area contributed by atoms with Crippen molar-refractivity contribution in [3.63, 3.8) is 0 Å². The van der Waals surface area contributed by atoms with Crippen LogP contribution in [0.3, 0.4) is 0 Å². The lowest BCUT2D eigenvalue weighted by atomic mass is 10.0. The van der Waals surface area contributed by atoms with Gasteiger partial charge in [0, 0.05) is 56.1 Å². The van der Waals surface area contributed by atoms with Gasteiger partial charge in [0.2, 0.25) is 5.95 Å². The van der Waals surface area contributed by atoms with Crippen molar-refractivity contribution in [2.24, 2.45) is 0 Å². The molecule has 3 aromatic rings. The summed E-state index contributed by atoms with van der Waals surface area (Å²) in [5, 5.41) is 9.32. The number of halogens is 5. The molecule has 214 valence electrons. The molecule has 2 aliphatic rings. The number of hydrogen-bond donors (Lipinski definition) is 1. The van der Waals surface area contributed by atoms with E-state index in [2.05, 4.69) is 21.7 Å². The molecule has 7 nitrogen and oxygen atoms in total. The summed E-state index contributed by atoms with van der Waals surface area (Å²) in [5.41, 5.74) is 0.486. The zero-order chi connectivity index (χ0) is 28.6. The Morgan fingerprint density at radius 3 is 2.48 bits per heavy atom. The highest BCUT2D eigenvalue weighted by Crippen LogP contribution is 2.37. The first-order valence-electron chi connectivity index (χ1n) is 13.3. The molecule has 12 heteroatoms. The third-order valence-electron chi connectivity index (χ3n) is 7.61. The Kier molecular flexibility index (Phi) is 8.05. The molecule has 40 heavy (non-hydrogen) atoms. The van der Waals surface area contributed by atoms with Crippen molar-refractivity contribution in [1.82, 2.24) is 15.0 Å². The maximum Gasteiger partial charge on any atom is 0.419 e. The molecular formula is C28H31ClF4N6O. The van der Waals surface area contributed by atoms with Crippen LogP contribution in [0, 0.1) is 5.82 Å². The van der Waals surface area contributed by atoms with Crippen LogP contribution in [-0.4, -0.2) is 58.3 Å². The van der Waals surface area contributed by atoms with Crippen molar-refractivity contribution in [2.75, 3.05) is 40.9 Å². The highest BCUT2D eigenvalue weighted by molar-refractivity contribution is 6.31. The fraction of sp³-hybridized carbons (Fsp3) is 0.464. The maximum absolute atomic E-state index is 13.9. The summed E-state index contributed by atoms with van der Waals surface area (Å²) in [5.74, 6) is 0.539. The van der Waals surface area contributed by atoms with Crippen LogP contribution in [0.25, 0.3) is 11.3 Å². The van der Waals surface area contributed by atoms with E-state index in [1.54, 1.807) is 11.0 Å². The SMILES string of the molecule is CC1CN(c2ncc(CO)cc2C(F)(F)F)CCN1c1cc(-c2ccc(F)c(Cl)c2)nc(N2CCCCC2C)n1. The van der Waals surface area contributed by atoms with Crippen molar-refractivity contribution >= 4 is 29.2 Å². The zero-order valence-corrected chi connectivity index (χ0v) is 23.1. The lowest BCUT2D eigenvalue weighted by Crippen LogP contribution is -2.53. The van der Waals surface area contributed by atoms with E-state index >= 15 is 0 Å². The van der Waals surface area contributed by atoms with Crippen molar-refractivity contribution in [1.29, 1.82) is 0 Å². The first-order valence-corrected chi connectivity index (χ1v) is 13.7. The second-order valence-electron chi connectivity index (χ2n) is 10.4. The van der Waals surface area contributed by atoms with Crippen LogP contribution in [0.1, 0.15) is 44.2 Å². The number of nitrogens with zero attached hydrogens (tertiary/aromatic N) is 6. The summed E-state index contributed by atoms with van der Waals surface area (Å²) in [6.45, 7) is 5.33. The summed E-state index contributed by atoms with van der Waals surface area (Å²) in [4.78, 5) is 19.7. The topological polar surface area (TPSA) is 68.6 Å². The third-order valence-corrected chi connectivity index (χ3v) is 7.90. The van der Waals surface area contributed by atoms with Gasteiger partial charge in [-0.25, -0.2) is 14.4 Å². The minimum absolute atomic E-state index is 0.00674. The van der Waals surface area contributed by atoms with E-state index in [0.717, 1.165) is 31.9 Å². The normalized spacial score (nSPS) is 20.2. The Morgan fingerprint density at radius 1 is 1.00 bits per heavy atom. The highest BCUT2D eigenvalue weighted by Gasteiger charge is 2.38. The first kappa shape index (κ1) is 28.4. The van der Waals surface area contributed by atoms with Gasteiger partial charge in [0.15, 0.2) is 0 Å². The first-order chi connectivity index (χ1) is 19.0. The summed E-state index contributed by atoms with van der Waals surface area (Å²) in [7, 11) is 0. The van der Waals surface area contributed by atoms with E-state index in [4.69, 9.17) is 21.6 Å². The summed E-state index contributed by atoms with van der Waals surface area (Å²) < 4.78 is 55.5. The van der Waals surface area contributed by atoms with Gasteiger partial charge >= 0.3 is 6.18 Å². The van der Waals surface area contributed by atoms with Gasteiger partial charge in [-0.2, -0.15) is 18.2 Å². The minimum Gasteiger partial charge on any atom is -0.392 e. The predicted octanol–water partition coefficient (Wildman–Crippen LogP) is 5.94. The number of pyridine rings is 1. The Labute approximate surface area is 235 Å². The number of aliphatic hydroxyl groups excluding tert-OH is 1. The van der Waals surface area contributed by atoms with Gasteiger partial charge in [0.05, 0.1) is 22.9 Å². The van der Waals surface area contributed by atoms with E-state index in [9.17, 15) is 22.7 Å². The monoisotopic (exact) mass is 578 g/mol. The van der Waals surface area contributed by atoms with E-state index in [1.807, 2.05) is 13.0 Å². The largest absolute Gasteiger partial charge is 0.419 e. The summed E-state index contributed by atoms with van der Waals surface area (Å²) in [6, 6.07) is 7.28. The van der Waals surface area contributed by atoms with E-state index in [-0.39, 0.29) is 41.6 Å². The smallest absolute Gasteiger partial charge is 0.392 e. The maximum atomic E-state index is 13.9. The number of aromatic nitrogens is 3. The van der Waals surface area contributed by atoms with Crippen LogP contribution >= 0.6 is 11.6 Å². The fourth-order valence-corrected chi connectivity index (χ4v) is 5.61. The van der Waals surface area contributed by atoms with Gasteiger partial charge < -0.3 is 19.8 Å². The standard InChI is InChI=1S/C28H31ClF4N6O/c1-17-5-3-4-8-39(17)27-35-24(20-6-7-23(30)22(29)12-20)13-25(36-27)38-10-9-37(15-18(38)2)26-21(28(31,32)33)11-19(16-40)14-34-26/h6-7,11-14,17-18,40H,3-5,8-10,15-16H2,1-2H3. The molecule has 0 amide bonds. The molecule has 2 saturated heterocycles. The third kappa shape index (κ3) is 5.81. The number of benzene rings is 1. The molecule has 2 fully saturated rings. The van der Waals surface area contributed by atoms with E-state index in [1.165, 1.54) is 18.3 Å². The quantitative estimate of drug-likeness (QED) is 0.376. The fourth-order valence-electron chi connectivity index (χ4n) is 5.43. The Hall–Kier alpha value is -3.18. The molecule has 0 spiro atoms. The average Bonchev–Trinajstić information content (AvgIpc) is 2.93. The molecule has 1 N–H and O–H groups in total. The number of hydrogen-bond acceptors (Lipinski definition) is 7. The van der Waals surface area contributed by atoms with Gasteiger partial charge in [0.1, 0.15) is 17.5 Å². The molecule has 2 atom stereocenters. The zero-order valence-electron chi connectivity index (χ0n) is 22.3. The number of alkyl halides is 3. The summed E-state index contributed by atoms with van der Waals surface area (Å²) in [6.07, 6.45) is -0.160. The predicted molar refractivity (Wildman–Crippen MR) is 147 cm³/mol. The van der Waals surface area contributed by atoms with Crippen LogP contribution in [-0.2, 0) is 12.8 Å². The lowest BCUT2D eigenvalue weighted by Gasteiger charge is -2.42. The lowest BCUT2D eigenvalue weighted by molar-refractivity contribution is -0.137. The van der Waals surface area contributed by atoms with Crippen molar-refractivity contribution in [2.45, 2.75) is 58.0 Å². The number of aliphatic hydroxyl groups is 1. The Morgan fingerprint density at radius 2 is 1.80 bits per heavy atom. The summed E-state index contributed by atoms with van der Waals surface area (Å²) >= 11 is 6.08. The van der Waals surface area contributed by atoms with Crippen LogP contribution in [0.15, 0.2) is 36.5 Å². The molecule has 1 aromatic carbocycles. The molecule has 4 heterocycles. The van der Waals surface area contributed by atoms with Crippen LogP contribution in [0.2, 0.25) is 5.02 Å². The van der Waals surface area contributed by atoms with Crippen molar-refractivity contribution in [3.05, 3.63) is 58.5 Å². The number of piperazine rings is 1. The van der Waals surface area contributed by atoms with Gasteiger partial charge in [0.25, 0.3) is 0 Å². The van der Waals surface area contributed by atoms with Gasteiger partial charge in [-0.05, 0) is 62.9 Å². The second kappa shape index (κ2) is 11.4. The number of anilines is 3. The van der Waals surface area contributed by atoms with E-state index < -0.39 is 24.2 Å². The molecule has 0 saturated carbocycles. The van der Waals surface area contributed by atoms with Gasteiger partial charge in [-0.15, -0.1) is 0 Å². The average molecular weight is 579 g/mol. The van der Waals surface area contributed by atoms with Gasteiger partial charge in [-0.3, -0.25) is 0 Å². The van der Waals surface area contributed by atoms with Crippen molar-refractivity contribution < 1.29 is 22.7 Å². The van der Waals surface area contributed by atoms with Crippen LogP contribution in [0.4, 0.5) is 35.1 Å². The minimum atomic E-state index is -4.61. The molecule has 2 aromatic heterocycles. The number of piperidine rings is 1. The molecule has 0 bridgehead atoms. The molecule has 2 unspecified atom stereocenters. The second-order valence-corrected chi connectivity index (χ2v) is 10.8. The van der Waals surface area contributed by atoms with Crippen molar-refractivity contribution in [3.8, 4) is 11.3 Å². The number of rotatable bonds is 5. The molecule has 0 radical (unpaired) electrons. The molecule has 5 rings (SSSR count). The Bertz CT molecular complexity index is 1370. The molecule has 0 aliphatic carbocycles. The highest BCUT2D eigenvalue weighted by atomic mass is 35.5. The van der Waals surface area contributed by atoms with Gasteiger partial charge in [-0.1, -0.05) is 11.6 Å². The molecular weight excluding hydrogens is 548 g/mol. The van der Waals surface area contributed by atoms with Crippen LogP contribution in [0.5, 0.6) is 0 Å². The molecule has 2 aliphatic heterocycles. The Balaban J connectivity index is 1.48. The van der Waals surface area contributed by atoms with Crippen LogP contribution < -0.4 is 14.7 Å². The van der Waals surface area contributed by atoms with E-state index in [0.29, 0.717) is 29.6 Å².